The minimum atomic E-state index is 0.181. The van der Waals surface area contributed by atoms with E-state index >= 15 is 0 Å². The maximum absolute atomic E-state index is 13.0. The lowest BCUT2D eigenvalue weighted by Gasteiger charge is -2.26. The number of hydrogen-bond donors (Lipinski definition) is 0. The lowest BCUT2D eigenvalue weighted by molar-refractivity contribution is 0.0738. The van der Waals surface area contributed by atoms with Gasteiger partial charge >= 0.3 is 0 Å². The quantitative estimate of drug-likeness (QED) is 0.794. The van der Waals surface area contributed by atoms with Gasteiger partial charge in [-0.2, -0.15) is 0 Å². The average molecular weight is 355 g/mol. The fraction of sp³-hybridized carbons (Fsp3) is 0.476. The van der Waals surface area contributed by atoms with E-state index in [0.29, 0.717) is 0 Å². The molecule has 132 valence electrons. The Morgan fingerprint density at radius 2 is 1.80 bits per heavy atom. The van der Waals surface area contributed by atoms with Gasteiger partial charge in [0.1, 0.15) is 0 Å². The summed E-state index contributed by atoms with van der Waals surface area (Å²) in [7, 11) is 0. The SMILES string of the molecule is O=C(c1ccc(CN2CCCCC2)cc1)N1CCCC1c1cccs1. The number of piperidine rings is 1. The van der Waals surface area contributed by atoms with Crippen LogP contribution in [0.15, 0.2) is 41.8 Å². The summed E-state index contributed by atoms with van der Waals surface area (Å²) in [6, 6.07) is 12.8. The first kappa shape index (κ1) is 16.8. The number of likely N-dealkylation sites (tertiary alicyclic amines) is 2. The summed E-state index contributed by atoms with van der Waals surface area (Å²) in [5, 5.41) is 2.10. The van der Waals surface area contributed by atoms with Gasteiger partial charge in [-0.3, -0.25) is 9.69 Å². The Bertz CT molecular complexity index is 689. The van der Waals surface area contributed by atoms with E-state index in [9.17, 15) is 4.79 Å². The number of amides is 1. The number of carbonyl (C=O) groups excluding carboxylic acids is 1. The summed E-state index contributed by atoms with van der Waals surface area (Å²) in [5.74, 6) is 0.181. The molecule has 4 rings (SSSR count). The van der Waals surface area contributed by atoms with Crippen molar-refractivity contribution >= 4 is 17.2 Å². The van der Waals surface area contributed by atoms with Crippen LogP contribution in [0.1, 0.15) is 58.9 Å². The second kappa shape index (κ2) is 7.71. The Morgan fingerprint density at radius 3 is 2.52 bits per heavy atom. The molecule has 2 saturated heterocycles. The Kier molecular flexibility index (Phi) is 5.18. The molecule has 1 amide bonds. The van der Waals surface area contributed by atoms with Crippen molar-refractivity contribution in [3.8, 4) is 0 Å². The number of nitrogens with zero attached hydrogens (tertiary/aromatic N) is 2. The monoisotopic (exact) mass is 354 g/mol. The molecule has 0 aliphatic carbocycles. The number of thiophene rings is 1. The topological polar surface area (TPSA) is 23.6 Å². The van der Waals surface area contributed by atoms with Crippen molar-refractivity contribution in [1.82, 2.24) is 9.80 Å². The van der Waals surface area contributed by atoms with E-state index in [1.165, 1.54) is 42.8 Å². The molecule has 3 nitrogen and oxygen atoms in total. The molecule has 2 aromatic rings. The first-order chi connectivity index (χ1) is 12.3. The summed E-state index contributed by atoms with van der Waals surface area (Å²) < 4.78 is 0. The molecular formula is C21H26N2OS. The van der Waals surface area contributed by atoms with Crippen LogP contribution in [-0.2, 0) is 6.54 Å². The molecule has 25 heavy (non-hydrogen) atoms. The zero-order valence-corrected chi connectivity index (χ0v) is 15.5. The number of benzene rings is 1. The predicted octanol–water partition coefficient (Wildman–Crippen LogP) is 4.71. The Hall–Kier alpha value is -1.65. The fourth-order valence-corrected chi connectivity index (χ4v) is 4.95. The standard InChI is InChI=1S/C21H26N2OS/c24-21(23-14-4-6-19(23)20-7-5-15-25-20)18-10-8-17(9-11-18)16-22-12-2-1-3-13-22/h5,7-11,15,19H,1-4,6,12-14,16H2. The van der Waals surface area contributed by atoms with Crippen molar-refractivity contribution in [2.24, 2.45) is 0 Å². The maximum Gasteiger partial charge on any atom is 0.254 e. The largest absolute Gasteiger partial charge is 0.331 e. The summed E-state index contributed by atoms with van der Waals surface area (Å²) in [6.07, 6.45) is 6.18. The summed E-state index contributed by atoms with van der Waals surface area (Å²) in [6.45, 7) is 4.29. The Morgan fingerprint density at radius 1 is 1.00 bits per heavy atom. The molecule has 0 saturated carbocycles. The van der Waals surface area contributed by atoms with E-state index in [1.807, 2.05) is 12.1 Å². The van der Waals surface area contributed by atoms with Gasteiger partial charge in [0, 0.05) is 23.5 Å². The minimum absolute atomic E-state index is 0.181. The molecule has 0 bridgehead atoms. The normalized spacial score (nSPS) is 21.6. The number of hydrogen-bond acceptors (Lipinski definition) is 3. The zero-order valence-electron chi connectivity index (χ0n) is 14.7. The van der Waals surface area contributed by atoms with Gasteiger partial charge < -0.3 is 4.90 Å². The number of rotatable bonds is 4. The van der Waals surface area contributed by atoms with Crippen LogP contribution < -0.4 is 0 Å². The van der Waals surface area contributed by atoms with E-state index in [2.05, 4.69) is 39.4 Å². The van der Waals surface area contributed by atoms with Gasteiger partial charge in [0.25, 0.3) is 5.91 Å². The first-order valence-corrected chi connectivity index (χ1v) is 10.3. The molecule has 2 aliphatic rings. The molecule has 0 spiro atoms. The molecule has 4 heteroatoms. The Labute approximate surface area is 154 Å². The molecule has 3 heterocycles. The second-order valence-corrected chi connectivity index (χ2v) is 8.18. The van der Waals surface area contributed by atoms with Gasteiger partial charge in [0.15, 0.2) is 0 Å². The highest BCUT2D eigenvalue weighted by Crippen LogP contribution is 2.35. The van der Waals surface area contributed by atoms with Gasteiger partial charge in [0.05, 0.1) is 6.04 Å². The highest BCUT2D eigenvalue weighted by Gasteiger charge is 2.31. The van der Waals surface area contributed by atoms with Crippen LogP contribution in [0.5, 0.6) is 0 Å². The van der Waals surface area contributed by atoms with Crippen LogP contribution in [-0.4, -0.2) is 35.3 Å². The third kappa shape index (κ3) is 3.80. The third-order valence-corrected chi connectivity index (χ3v) is 6.41. The molecule has 1 aromatic carbocycles. The van der Waals surface area contributed by atoms with Gasteiger partial charge in [-0.15, -0.1) is 11.3 Å². The smallest absolute Gasteiger partial charge is 0.254 e. The molecule has 2 fully saturated rings. The minimum Gasteiger partial charge on any atom is -0.331 e. The molecule has 0 N–H and O–H groups in total. The zero-order chi connectivity index (χ0) is 17.1. The predicted molar refractivity (Wildman–Crippen MR) is 103 cm³/mol. The highest BCUT2D eigenvalue weighted by molar-refractivity contribution is 7.10. The van der Waals surface area contributed by atoms with Crippen molar-refractivity contribution in [3.05, 3.63) is 57.8 Å². The van der Waals surface area contributed by atoms with E-state index in [4.69, 9.17) is 0 Å². The lowest BCUT2D eigenvalue weighted by Crippen LogP contribution is -2.30. The summed E-state index contributed by atoms with van der Waals surface area (Å²) in [4.78, 5) is 18.9. The van der Waals surface area contributed by atoms with Crippen LogP contribution >= 0.6 is 11.3 Å². The number of carbonyl (C=O) groups is 1. The molecule has 2 aliphatic heterocycles. The Balaban J connectivity index is 1.43. The van der Waals surface area contributed by atoms with Crippen LogP contribution in [0.4, 0.5) is 0 Å². The summed E-state index contributed by atoms with van der Waals surface area (Å²) >= 11 is 1.76. The van der Waals surface area contributed by atoms with E-state index < -0.39 is 0 Å². The van der Waals surface area contributed by atoms with Crippen molar-refractivity contribution in [2.45, 2.75) is 44.7 Å². The van der Waals surface area contributed by atoms with Crippen molar-refractivity contribution in [3.63, 3.8) is 0 Å². The molecule has 0 radical (unpaired) electrons. The highest BCUT2D eigenvalue weighted by atomic mass is 32.1. The molecular weight excluding hydrogens is 328 g/mol. The van der Waals surface area contributed by atoms with Crippen LogP contribution in [0.25, 0.3) is 0 Å². The lowest BCUT2D eigenvalue weighted by atomic mass is 10.1. The van der Waals surface area contributed by atoms with E-state index in [1.54, 1.807) is 11.3 Å². The first-order valence-electron chi connectivity index (χ1n) is 9.47. The maximum atomic E-state index is 13.0. The van der Waals surface area contributed by atoms with Crippen LogP contribution in [0, 0.1) is 0 Å². The molecule has 1 unspecified atom stereocenters. The van der Waals surface area contributed by atoms with E-state index in [0.717, 1.165) is 31.5 Å². The molecule has 1 aromatic heterocycles. The van der Waals surface area contributed by atoms with Gasteiger partial charge in [-0.1, -0.05) is 24.6 Å². The summed E-state index contributed by atoms with van der Waals surface area (Å²) in [5.41, 5.74) is 2.14. The van der Waals surface area contributed by atoms with Gasteiger partial charge in [-0.05, 0) is 67.9 Å². The van der Waals surface area contributed by atoms with Gasteiger partial charge in [0.2, 0.25) is 0 Å². The van der Waals surface area contributed by atoms with Crippen LogP contribution in [0.3, 0.4) is 0 Å². The molecule has 1 atom stereocenters. The fourth-order valence-electron chi connectivity index (χ4n) is 4.08. The average Bonchev–Trinajstić information content (AvgIpc) is 3.34. The van der Waals surface area contributed by atoms with Crippen molar-refractivity contribution in [1.29, 1.82) is 0 Å². The third-order valence-electron chi connectivity index (χ3n) is 5.44. The van der Waals surface area contributed by atoms with Crippen molar-refractivity contribution in [2.75, 3.05) is 19.6 Å². The second-order valence-electron chi connectivity index (χ2n) is 7.21. The van der Waals surface area contributed by atoms with Crippen LogP contribution in [0.2, 0.25) is 0 Å². The van der Waals surface area contributed by atoms with Crippen molar-refractivity contribution < 1.29 is 4.79 Å². The van der Waals surface area contributed by atoms with E-state index in [-0.39, 0.29) is 11.9 Å². The van der Waals surface area contributed by atoms with Gasteiger partial charge in [-0.25, -0.2) is 0 Å².